The molecular formula is C23H41N3O4S. The quantitative estimate of drug-likeness (QED) is 0.606. The number of hydrogen-bond acceptors (Lipinski definition) is 5. The Labute approximate surface area is 188 Å². The molecule has 178 valence electrons. The lowest BCUT2D eigenvalue weighted by Gasteiger charge is -2.39. The van der Waals surface area contributed by atoms with Crippen LogP contribution in [0.5, 0.6) is 0 Å². The normalized spacial score (nSPS) is 29.6. The van der Waals surface area contributed by atoms with E-state index in [-0.39, 0.29) is 34.2 Å². The van der Waals surface area contributed by atoms with Crippen molar-refractivity contribution in [3.8, 4) is 0 Å². The van der Waals surface area contributed by atoms with E-state index in [1.165, 1.54) is 4.31 Å². The van der Waals surface area contributed by atoms with Gasteiger partial charge in [0.05, 0.1) is 5.75 Å². The van der Waals surface area contributed by atoms with Gasteiger partial charge >= 0.3 is 0 Å². The molecular weight excluding hydrogens is 414 g/mol. The van der Waals surface area contributed by atoms with E-state index in [0.717, 1.165) is 13.0 Å². The Kier molecular flexibility index (Phi) is 6.69. The third-order valence-electron chi connectivity index (χ3n) is 8.27. The second-order valence-corrected chi connectivity index (χ2v) is 13.7. The minimum absolute atomic E-state index is 0.0215. The molecule has 2 saturated carbocycles. The zero-order chi connectivity index (χ0) is 23.2. The van der Waals surface area contributed by atoms with Gasteiger partial charge in [-0.3, -0.25) is 9.59 Å². The van der Waals surface area contributed by atoms with Crippen LogP contribution in [0.15, 0.2) is 0 Å². The topological polar surface area (TPSA) is 86.8 Å². The van der Waals surface area contributed by atoms with Crippen LogP contribution in [0.2, 0.25) is 0 Å². The maximum absolute atomic E-state index is 13.3. The Morgan fingerprint density at radius 1 is 1.19 bits per heavy atom. The molecule has 2 unspecified atom stereocenters. The molecule has 1 heterocycles. The first-order valence-electron chi connectivity index (χ1n) is 11.6. The first kappa shape index (κ1) is 24.6. The van der Waals surface area contributed by atoms with Crippen molar-refractivity contribution in [2.75, 3.05) is 46.0 Å². The highest BCUT2D eigenvalue weighted by Gasteiger charge is 2.65. The molecule has 0 aromatic heterocycles. The highest BCUT2D eigenvalue weighted by Crippen LogP contribution is 2.64. The zero-order valence-corrected chi connectivity index (χ0v) is 21.0. The second kappa shape index (κ2) is 8.41. The maximum Gasteiger partial charge on any atom is 0.223 e. The van der Waals surface area contributed by atoms with Gasteiger partial charge in [-0.15, -0.1) is 0 Å². The first-order chi connectivity index (χ1) is 14.2. The van der Waals surface area contributed by atoms with Crippen LogP contribution in [-0.4, -0.2) is 75.3 Å². The van der Waals surface area contributed by atoms with Crippen molar-refractivity contribution in [3.05, 3.63) is 0 Å². The lowest BCUT2D eigenvalue weighted by atomic mass is 9.70. The Bertz CT molecular complexity index is 813. The average molecular weight is 456 g/mol. The molecule has 2 atom stereocenters. The zero-order valence-electron chi connectivity index (χ0n) is 20.2. The fourth-order valence-electron chi connectivity index (χ4n) is 6.29. The van der Waals surface area contributed by atoms with Gasteiger partial charge in [0.25, 0.3) is 0 Å². The molecule has 1 aliphatic heterocycles. The van der Waals surface area contributed by atoms with Gasteiger partial charge in [-0.2, -0.15) is 0 Å². The van der Waals surface area contributed by atoms with Crippen molar-refractivity contribution < 1.29 is 18.0 Å². The molecule has 7 nitrogen and oxygen atoms in total. The molecule has 2 aliphatic carbocycles. The molecule has 1 N–H and O–H groups in total. The number of carbonyl (C=O) groups is 2. The molecule has 0 radical (unpaired) electrons. The van der Waals surface area contributed by atoms with Crippen LogP contribution in [0.3, 0.4) is 0 Å². The molecule has 1 saturated heterocycles. The fraction of sp³-hybridized carbons (Fsp3) is 0.913. The Morgan fingerprint density at radius 2 is 1.81 bits per heavy atom. The Hall–Kier alpha value is -0.990. The number of amides is 1. The predicted octanol–water partition coefficient (Wildman–Crippen LogP) is 2.13. The van der Waals surface area contributed by atoms with Gasteiger partial charge in [0, 0.05) is 43.9 Å². The number of nitrogens with one attached hydrogen (secondary N) is 1. The van der Waals surface area contributed by atoms with Crippen molar-refractivity contribution in [2.45, 2.75) is 59.8 Å². The van der Waals surface area contributed by atoms with Gasteiger partial charge in [-0.25, -0.2) is 12.7 Å². The molecule has 0 spiro atoms. The van der Waals surface area contributed by atoms with E-state index in [9.17, 15) is 18.0 Å². The average Bonchev–Trinajstić information content (AvgIpc) is 2.99. The SMILES string of the molecule is CN(C)CC(C)(C)CNC(=O)C1CCN(S(=O)(=O)CC23CCC(CC2=O)C3(C)C)CC1. The number of nitrogens with zero attached hydrogens (tertiary/aromatic N) is 2. The molecule has 3 rings (SSSR count). The second-order valence-electron chi connectivity index (χ2n) is 11.7. The standard InChI is InChI=1S/C23H41N3O4S/c1-21(2,15-25(5)6)14-24-20(28)17-8-11-26(12-9-17)31(29,30)16-23-10-7-18(13-19(23)27)22(23,3)4/h17-18H,7-16H2,1-6H3,(H,24,28). The number of rotatable bonds is 8. The summed E-state index contributed by atoms with van der Waals surface area (Å²) in [6.45, 7) is 10.6. The van der Waals surface area contributed by atoms with Crippen LogP contribution in [-0.2, 0) is 19.6 Å². The van der Waals surface area contributed by atoms with Crippen molar-refractivity contribution in [2.24, 2.45) is 28.1 Å². The van der Waals surface area contributed by atoms with E-state index in [2.05, 4.69) is 37.9 Å². The summed E-state index contributed by atoms with van der Waals surface area (Å²) >= 11 is 0. The lowest BCUT2D eigenvalue weighted by molar-refractivity contribution is -0.128. The molecule has 0 aromatic rings. The van der Waals surface area contributed by atoms with Gasteiger partial charge in [-0.1, -0.05) is 27.7 Å². The van der Waals surface area contributed by atoms with Crippen LogP contribution in [0.1, 0.15) is 59.8 Å². The minimum Gasteiger partial charge on any atom is -0.355 e. The predicted molar refractivity (Wildman–Crippen MR) is 122 cm³/mol. The smallest absolute Gasteiger partial charge is 0.223 e. The summed E-state index contributed by atoms with van der Waals surface area (Å²) in [5.41, 5.74) is -1.01. The Morgan fingerprint density at radius 3 is 2.29 bits per heavy atom. The summed E-state index contributed by atoms with van der Waals surface area (Å²) in [6, 6.07) is 0. The fourth-order valence-corrected chi connectivity index (χ4v) is 8.54. The summed E-state index contributed by atoms with van der Waals surface area (Å²) in [4.78, 5) is 27.5. The molecule has 0 aromatic carbocycles. The molecule has 3 fully saturated rings. The van der Waals surface area contributed by atoms with Crippen molar-refractivity contribution in [1.29, 1.82) is 0 Å². The van der Waals surface area contributed by atoms with E-state index >= 15 is 0 Å². The summed E-state index contributed by atoms with van der Waals surface area (Å²) in [5, 5.41) is 3.07. The largest absolute Gasteiger partial charge is 0.355 e. The molecule has 8 heteroatoms. The van der Waals surface area contributed by atoms with Crippen LogP contribution in [0, 0.1) is 28.1 Å². The molecule has 2 bridgehead atoms. The van der Waals surface area contributed by atoms with E-state index < -0.39 is 15.4 Å². The molecule has 31 heavy (non-hydrogen) atoms. The summed E-state index contributed by atoms with van der Waals surface area (Å²) < 4.78 is 28.0. The summed E-state index contributed by atoms with van der Waals surface area (Å²) in [5.74, 6) is 0.236. The van der Waals surface area contributed by atoms with Gasteiger partial charge in [0.15, 0.2) is 0 Å². The van der Waals surface area contributed by atoms with E-state index in [1.54, 1.807) is 0 Å². The number of Topliss-reactive ketones (excluding diaryl/α,β-unsaturated/α-hetero) is 1. The molecule has 3 aliphatic rings. The number of fused-ring (bicyclic) bond motifs is 2. The number of hydrogen-bond donors (Lipinski definition) is 1. The third kappa shape index (κ3) is 4.71. The maximum atomic E-state index is 13.3. The van der Waals surface area contributed by atoms with Gasteiger partial charge in [0.1, 0.15) is 5.78 Å². The van der Waals surface area contributed by atoms with Gasteiger partial charge in [-0.05, 0) is 56.5 Å². The highest BCUT2D eigenvalue weighted by molar-refractivity contribution is 7.89. The van der Waals surface area contributed by atoms with Crippen molar-refractivity contribution in [3.63, 3.8) is 0 Å². The van der Waals surface area contributed by atoms with Gasteiger partial charge in [0.2, 0.25) is 15.9 Å². The Balaban J connectivity index is 1.55. The summed E-state index contributed by atoms with van der Waals surface area (Å²) in [6.07, 6.45) is 3.22. The van der Waals surface area contributed by atoms with Crippen molar-refractivity contribution >= 4 is 21.7 Å². The highest BCUT2D eigenvalue weighted by atomic mass is 32.2. The first-order valence-corrected chi connectivity index (χ1v) is 13.2. The number of sulfonamides is 1. The van der Waals surface area contributed by atoms with Crippen LogP contribution in [0.4, 0.5) is 0 Å². The van der Waals surface area contributed by atoms with Crippen LogP contribution < -0.4 is 5.32 Å². The van der Waals surface area contributed by atoms with E-state index in [0.29, 0.717) is 51.2 Å². The van der Waals surface area contributed by atoms with Gasteiger partial charge < -0.3 is 10.2 Å². The van der Waals surface area contributed by atoms with E-state index in [4.69, 9.17) is 0 Å². The molecule has 1 amide bonds. The van der Waals surface area contributed by atoms with Crippen LogP contribution in [0.25, 0.3) is 0 Å². The van der Waals surface area contributed by atoms with Crippen molar-refractivity contribution in [1.82, 2.24) is 14.5 Å². The monoisotopic (exact) mass is 455 g/mol. The lowest BCUT2D eigenvalue weighted by Crippen LogP contribution is -2.50. The van der Waals surface area contributed by atoms with Crippen LogP contribution >= 0.6 is 0 Å². The minimum atomic E-state index is -3.54. The number of ketones is 1. The number of carbonyl (C=O) groups excluding carboxylic acids is 2. The third-order valence-corrected chi connectivity index (χ3v) is 10.3. The van der Waals surface area contributed by atoms with E-state index in [1.807, 2.05) is 14.1 Å². The number of piperidine rings is 1. The summed E-state index contributed by atoms with van der Waals surface area (Å²) in [7, 11) is 0.501.